The number of anilines is 2. The Bertz CT molecular complexity index is 1200. The van der Waals surface area contributed by atoms with E-state index in [0.29, 0.717) is 0 Å². The lowest BCUT2D eigenvalue weighted by molar-refractivity contribution is 0.201. The summed E-state index contributed by atoms with van der Waals surface area (Å²) in [5.74, 6) is 1.77. The third-order valence-corrected chi connectivity index (χ3v) is 8.19. The average molecular weight is 544 g/mol. The zero-order valence-electron chi connectivity index (χ0n) is 24.2. The molecule has 0 saturated carbocycles. The number of likely N-dealkylation sites (N-methyl/N-ethyl adjacent to an activating group) is 2. The number of aliphatic hydroxyl groups is 1. The zero-order chi connectivity index (χ0) is 27.7. The Morgan fingerprint density at radius 2 is 1.70 bits per heavy atom. The van der Waals surface area contributed by atoms with E-state index in [4.69, 9.17) is 9.97 Å². The summed E-state index contributed by atoms with van der Waals surface area (Å²) < 4.78 is 0. The smallest absolute Gasteiger partial charge is 0.161 e. The van der Waals surface area contributed by atoms with Gasteiger partial charge in [-0.1, -0.05) is 37.3 Å². The highest BCUT2D eigenvalue weighted by Crippen LogP contribution is 2.29. The number of fused-ring (bicyclic) bond motifs is 1. The van der Waals surface area contributed by atoms with E-state index in [1.165, 1.54) is 16.8 Å². The fraction of sp³-hybridized carbons (Fsp3) is 0.500. The largest absolute Gasteiger partial charge is 0.395 e. The summed E-state index contributed by atoms with van der Waals surface area (Å²) in [6.45, 7) is 12.9. The average Bonchev–Trinajstić information content (AvgIpc) is 2.99. The maximum Gasteiger partial charge on any atom is 0.161 e. The molecule has 1 saturated heterocycles. The van der Waals surface area contributed by atoms with Gasteiger partial charge >= 0.3 is 0 Å². The molecular formula is C32H45N7O. The van der Waals surface area contributed by atoms with Crippen molar-refractivity contribution in [2.24, 2.45) is 0 Å². The van der Waals surface area contributed by atoms with Crippen molar-refractivity contribution in [3.8, 4) is 11.4 Å². The third-order valence-electron chi connectivity index (χ3n) is 8.19. The molecule has 0 radical (unpaired) electrons. The van der Waals surface area contributed by atoms with E-state index >= 15 is 0 Å². The molecule has 0 amide bonds. The van der Waals surface area contributed by atoms with Gasteiger partial charge in [-0.15, -0.1) is 0 Å². The van der Waals surface area contributed by atoms with E-state index in [0.717, 1.165) is 108 Å². The number of rotatable bonds is 12. The van der Waals surface area contributed by atoms with Crippen LogP contribution in [0.3, 0.4) is 0 Å². The second-order valence-electron chi connectivity index (χ2n) is 11.0. The standard InChI is InChI=1S/C32H45N7O/c1-3-37(22-23-40)16-7-15-33-32-29-25-38(24-26-8-5-4-6-9-26)17-14-30(29)34-31(35-32)27-10-12-28(13-11-27)39-20-18-36(2)19-21-39/h4-6,8-13,40H,3,7,14-25H2,1-2H3,(H,33,34,35). The Kier molecular flexibility index (Phi) is 10.00. The monoisotopic (exact) mass is 543 g/mol. The quantitative estimate of drug-likeness (QED) is 0.336. The number of hydrogen-bond acceptors (Lipinski definition) is 8. The summed E-state index contributed by atoms with van der Waals surface area (Å²) in [6, 6.07) is 19.5. The number of benzene rings is 2. The van der Waals surface area contributed by atoms with Crippen molar-refractivity contribution in [2.45, 2.75) is 32.9 Å². The van der Waals surface area contributed by atoms with Crippen LogP contribution in [0.5, 0.6) is 0 Å². The lowest BCUT2D eigenvalue weighted by Crippen LogP contribution is -2.44. The summed E-state index contributed by atoms with van der Waals surface area (Å²) in [7, 11) is 2.19. The van der Waals surface area contributed by atoms with Crippen LogP contribution in [0.4, 0.5) is 11.5 Å². The minimum atomic E-state index is 0.203. The van der Waals surface area contributed by atoms with E-state index in [-0.39, 0.29) is 6.61 Å². The molecule has 0 spiro atoms. The van der Waals surface area contributed by atoms with Gasteiger partial charge in [-0.25, -0.2) is 9.97 Å². The highest BCUT2D eigenvalue weighted by Gasteiger charge is 2.23. The molecule has 2 aliphatic rings. The van der Waals surface area contributed by atoms with Gasteiger partial charge in [0.05, 0.1) is 12.3 Å². The SMILES string of the molecule is CCN(CCO)CCCNc1nc(-c2ccc(N3CCN(C)CC3)cc2)nc2c1CN(Cc1ccccc1)CC2. The highest BCUT2D eigenvalue weighted by molar-refractivity contribution is 5.63. The number of hydrogen-bond donors (Lipinski definition) is 2. The summed E-state index contributed by atoms with van der Waals surface area (Å²) in [4.78, 5) is 19.8. The van der Waals surface area contributed by atoms with E-state index in [9.17, 15) is 5.11 Å². The molecule has 0 atom stereocenters. The van der Waals surface area contributed by atoms with Gasteiger partial charge in [-0.3, -0.25) is 4.90 Å². The molecular weight excluding hydrogens is 498 g/mol. The molecule has 5 rings (SSSR count). The number of nitrogens with one attached hydrogen (secondary N) is 1. The van der Waals surface area contributed by atoms with Gasteiger partial charge in [0.2, 0.25) is 0 Å². The first-order valence-electron chi connectivity index (χ1n) is 14.9. The minimum absolute atomic E-state index is 0.203. The molecule has 40 heavy (non-hydrogen) atoms. The van der Waals surface area contributed by atoms with Gasteiger partial charge in [-0.05, 0) is 56.4 Å². The minimum Gasteiger partial charge on any atom is -0.395 e. The Balaban J connectivity index is 1.33. The topological polar surface area (TPSA) is 71.0 Å². The molecule has 2 aliphatic heterocycles. The molecule has 2 N–H and O–H groups in total. The molecule has 8 heteroatoms. The third kappa shape index (κ3) is 7.37. The van der Waals surface area contributed by atoms with Crippen LogP contribution in [0.2, 0.25) is 0 Å². The van der Waals surface area contributed by atoms with Crippen molar-refractivity contribution >= 4 is 11.5 Å². The molecule has 1 fully saturated rings. The van der Waals surface area contributed by atoms with Gasteiger partial charge in [-0.2, -0.15) is 0 Å². The van der Waals surface area contributed by atoms with Gasteiger partial charge in [0.25, 0.3) is 0 Å². The molecule has 0 unspecified atom stereocenters. The second-order valence-corrected chi connectivity index (χ2v) is 11.0. The summed E-state index contributed by atoms with van der Waals surface area (Å²) in [5, 5.41) is 13.0. The molecule has 3 aromatic rings. The predicted molar refractivity (Wildman–Crippen MR) is 164 cm³/mol. The lowest BCUT2D eigenvalue weighted by Gasteiger charge is -2.34. The molecule has 3 heterocycles. The first kappa shape index (κ1) is 28.5. The fourth-order valence-corrected chi connectivity index (χ4v) is 5.69. The van der Waals surface area contributed by atoms with E-state index < -0.39 is 0 Å². The summed E-state index contributed by atoms with van der Waals surface area (Å²) >= 11 is 0. The van der Waals surface area contributed by atoms with E-state index in [1.54, 1.807) is 0 Å². The van der Waals surface area contributed by atoms with E-state index in [2.05, 4.69) is 93.5 Å². The lowest BCUT2D eigenvalue weighted by atomic mass is 10.0. The van der Waals surface area contributed by atoms with Crippen molar-refractivity contribution in [3.63, 3.8) is 0 Å². The number of aliphatic hydroxyl groups excluding tert-OH is 1. The Morgan fingerprint density at radius 3 is 2.42 bits per heavy atom. The van der Waals surface area contributed by atoms with Crippen LogP contribution >= 0.6 is 0 Å². The highest BCUT2D eigenvalue weighted by atomic mass is 16.3. The fourth-order valence-electron chi connectivity index (χ4n) is 5.69. The molecule has 1 aromatic heterocycles. The molecule has 8 nitrogen and oxygen atoms in total. The first-order chi connectivity index (χ1) is 19.6. The Morgan fingerprint density at radius 1 is 0.925 bits per heavy atom. The van der Waals surface area contributed by atoms with Crippen LogP contribution in [-0.2, 0) is 19.5 Å². The molecule has 214 valence electrons. The maximum atomic E-state index is 9.32. The van der Waals surface area contributed by atoms with Crippen LogP contribution in [0.15, 0.2) is 54.6 Å². The van der Waals surface area contributed by atoms with Crippen LogP contribution in [0.25, 0.3) is 11.4 Å². The molecule has 0 aliphatic carbocycles. The van der Waals surface area contributed by atoms with Crippen LogP contribution in [-0.4, -0.2) is 102 Å². The van der Waals surface area contributed by atoms with Gasteiger partial charge in [0, 0.05) is 82.1 Å². The van der Waals surface area contributed by atoms with Crippen LogP contribution in [0, 0.1) is 0 Å². The zero-order valence-corrected chi connectivity index (χ0v) is 24.2. The number of aromatic nitrogens is 2. The van der Waals surface area contributed by atoms with Crippen molar-refractivity contribution in [1.29, 1.82) is 0 Å². The normalized spacial score (nSPS) is 16.4. The van der Waals surface area contributed by atoms with Gasteiger partial charge in [0.15, 0.2) is 5.82 Å². The van der Waals surface area contributed by atoms with E-state index in [1.807, 2.05) is 0 Å². The van der Waals surface area contributed by atoms with Crippen molar-refractivity contribution in [1.82, 2.24) is 24.7 Å². The maximum absolute atomic E-state index is 9.32. The Labute approximate surface area is 239 Å². The van der Waals surface area contributed by atoms with Crippen molar-refractivity contribution in [3.05, 3.63) is 71.4 Å². The second kappa shape index (κ2) is 14.0. The van der Waals surface area contributed by atoms with Gasteiger partial charge in [0.1, 0.15) is 5.82 Å². The Hall–Kier alpha value is -3.04. The first-order valence-corrected chi connectivity index (χ1v) is 14.9. The molecule has 0 bridgehead atoms. The number of nitrogens with zero attached hydrogens (tertiary/aromatic N) is 6. The van der Waals surface area contributed by atoms with Crippen LogP contribution < -0.4 is 10.2 Å². The summed E-state index contributed by atoms with van der Waals surface area (Å²) in [6.07, 6.45) is 1.92. The van der Waals surface area contributed by atoms with Gasteiger partial charge < -0.3 is 25.1 Å². The number of piperazine rings is 1. The molecule has 2 aromatic carbocycles. The summed E-state index contributed by atoms with van der Waals surface area (Å²) in [5.41, 5.74) is 6.06. The van der Waals surface area contributed by atoms with Crippen molar-refractivity contribution in [2.75, 3.05) is 82.8 Å². The van der Waals surface area contributed by atoms with Crippen molar-refractivity contribution < 1.29 is 5.11 Å². The predicted octanol–water partition coefficient (Wildman–Crippen LogP) is 3.57. The van der Waals surface area contributed by atoms with Crippen LogP contribution in [0.1, 0.15) is 30.2 Å².